The highest BCUT2D eigenvalue weighted by Gasteiger charge is 2.33. The number of rotatable bonds is 6. The lowest BCUT2D eigenvalue weighted by atomic mass is 10.2. The number of anilines is 1. The summed E-state index contributed by atoms with van der Waals surface area (Å²) < 4.78 is 63.8. The van der Waals surface area contributed by atoms with Crippen molar-refractivity contribution in [3.63, 3.8) is 0 Å². The third kappa shape index (κ3) is 6.08. The van der Waals surface area contributed by atoms with E-state index >= 15 is 0 Å². The van der Waals surface area contributed by atoms with Gasteiger partial charge in [0.15, 0.2) is 0 Å². The van der Waals surface area contributed by atoms with E-state index in [0.717, 1.165) is 15.8 Å². The minimum atomic E-state index is -4.68. The van der Waals surface area contributed by atoms with Crippen LogP contribution in [0.1, 0.15) is 11.1 Å². The Balaban J connectivity index is 2.05. The highest BCUT2D eigenvalue weighted by atomic mass is 35.5. The Morgan fingerprint density at radius 1 is 1.18 bits per heavy atom. The first-order valence-corrected chi connectivity index (χ1v) is 9.73. The van der Waals surface area contributed by atoms with Crippen molar-refractivity contribution in [1.82, 2.24) is 4.31 Å². The van der Waals surface area contributed by atoms with Crippen molar-refractivity contribution in [2.45, 2.75) is 6.18 Å². The largest absolute Gasteiger partial charge is 0.417 e. The molecule has 0 atom stereocenters. The van der Waals surface area contributed by atoms with Crippen LogP contribution in [0, 0.1) is 0 Å². The molecule has 0 aliphatic carbocycles. The van der Waals surface area contributed by atoms with Crippen LogP contribution in [0.15, 0.2) is 53.9 Å². The summed E-state index contributed by atoms with van der Waals surface area (Å²) in [7, 11) is -2.71. The zero-order chi connectivity index (χ0) is 20.9. The molecule has 5 nitrogen and oxygen atoms in total. The quantitative estimate of drug-likeness (QED) is 0.742. The molecule has 0 aliphatic heterocycles. The molecule has 1 amide bonds. The fraction of sp³-hybridized carbons (Fsp3) is 0.167. The van der Waals surface area contributed by atoms with Crippen LogP contribution in [0.5, 0.6) is 0 Å². The molecular formula is C18H16ClF3N2O3S. The number of carbonyl (C=O) groups is 1. The second-order valence-electron chi connectivity index (χ2n) is 5.75. The highest BCUT2D eigenvalue weighted by molar-refractivity contribution is 7.92. The molecule has 0 saturated carbocycles. The Morgan fingerprint density at radius 3 is 2.43 bits per heavy atom. The molecule has 0 bridgehead atoms. The van der Waals surface area contributed by atoms with Crippen molar-refractivity contribution >= 4 is 39.3 Å². The summed E-state index contributed by atoms with van der Waals surface area (Å²) in [6.45, 7) is -0.578. The van der Waals surface area contributed by atoms with E-state index in [9.17, 15) is 26.4 Å². The molecule has 0 spiro atoms. The van der Waals surface area contributed by atoms with Crippen LogP contribution in [0.4, 0.5) is 18.9 Å². The van der Waals surface area contributed by atoms with Crippen LogP contribution in [0.25, 0.3) is 6.08 Å². The molecule has 0 radical (unpaired) electrons. The Bertz CT molecular complexity index is 977. The number of hydrogen-bond donors (Lipinski definition) is 1. The lowest BCUT2D eigenvalue weighted by Crippen LogP contribution is -2.33. The van der Waals surface area contributed by atoms with E-state index in [0.29, 0.717) is 11.6 Å². The number of nitrogens with one attached hydrogen (secondary N) is 1. The molecule has 0 saturated heterocycles. The molecule has 2 aromatic rings. The van der Waals surface area contributed by atoms with Gasteiger partial charge in [0.05, 0.1) is 17.1 Å². The van der Waals surface area contributed by atoms with Crippen LogP contribution in [0.3, 0.4) is 0 Å². The van der Waals surface area contributed by atoms with Crippen LogP contribution in [-0.4, -0.2) is 32.2 Å². The van der Waals surface area contributed by atoms with Gasteiger partial charge in [-0.2, -0.15) is 17.5 Å². The number of carbonyl (C=O) groups excluding carboxylic acids is 1. The van der Waals surface area contributed by atoms with E-state index < -0.39 is 39.2 Å². The van der Waals surface area contributed by atoms with E-state index in [-0.39, 0.29) is 5.69 Å². The first-order chi connectivity index (χ1) is 13.0. The van der Waals surface area contributed by atoms with Gasteiger partial charge in [-0.05, 0) is 29.8 Å². The first-order valence-electron chi connectivity index (χ1n) is 7.85. The monoisotopic (exact) mass is 432 g/mol. The number of likely N-dealkylation sites (N-methyl/N-ethyl adjacent to an activating group) is 1. The summed E-state index contributed by atoms with van der Waals surface area (Å²) in [6, 6.07) is 11.6. The highest BCUT2D eigenvalue weighted by Crippen LogP contribution is 2.36. The van der Waals surface area contributed by atoms with E-state index in [1.165, 1.54) is 19.2 Å². The Hall–Kier alpha value is -2.36. The molecular weight excluding hydrogens is 417 g/mol. The fourth-order valence-electron chi connectivity index (χ4n) is 2.15. The molecule has 0 fully saturated rings. The smallest absolute Gasteiger partial charge is 0.325 e. The van der Waals surface area contributed by atoms with Gasteiger partial charge in [0, 0.05) is 18.1 Å². The van der Waals surface area contributed by atoms with Crippen molar-refractivity contribution in [3.05, 3.63) is 70.1 Å². The number of alkyl halides is 3. The Labute approximate surface area is 165 Å². The van der Waals surface area contributed by atoms with E-state index in [1.807, 2.05) is 0 Å². The lowest BCUT2D eigenvalue weighted by molar-refractivity contribution is -0.137. The standard InChI is InChI=1S/C18H16ClF3N2O3S/c1-24(28(26,27)10-9-13-5-3-2-4-6-13)12-17(25)23-14-7-8-16(19)15(11-14)18(20,21)22/h2-11H,12H2,1H3,(H,23,25)/b10-9+. The number of hydrogen-bond acceptors (Lipinski definition) is 3. The summed E-state index contributed by atoms with van der Waals surface area (Å²) in [5.74, 6) is -0.797. The Morgan fingerprint density at radius 2 is 1.82 bits per heavy atom. The van der Waals surface area contributed by atoms with E-state index in [2.05, 4.69) is 5.32 Å². The van der Waals surface area contributed by atoms with Crippen LogP contribution in [0.2, 0.25) is 5.02 Å². The van der Waals surface area contributed by atoms with Gasteiger partial charge in [-0.1, -0.05) is 41.9 Å². The molecule has 10 heteroatoms. The summed E-state index contributed by atoms with van der Waals surface area (Å²) in [4.78, 5) is 12.0. The van der Waals surface area contributed by atoms with Gasteiger partial charge in [0.25, 0.3) is 0 Å². The average molecular weight is 433 g/mol. The molecule has 2 aromatic carbocycles. The zero-order valence-electron chi connectivity index (χ0n) is 14.6. The van der Waals surface area contributed by atoms with Gasteiger partial charge in [-0.15, -0.1) is 0 Å². The summed E-state index contributed by atoms with van der Waals surface area (Å²) in [6.07, 6.45) is -3.31. The van der Waals surface area contributed by atoms with Gasteiger partial charge in [-0.25, -0.2) is 8.42 Å². The SMILES string of the molecule is CN(CC(=O)Nc1ccc(Cl)c(C(F)(F)F)c1)S(=O)(=O)/C=C/c1ccccc1. The number of sulfonamides is 1. The van der Waals surface area contributed by atoms with Crippen molar-refractivity contribution in [1.29, 1.82) is 0 Å². The lowest BCUT2D eigenvalue weighted by Gasteiger charge is -2.15. The maximum Gasteiger partial charge on any atom is 0.417 e. The molecule has 2 rings (SSSR count). The van der Waals surface area contributed by atoms with E-state index in [1.54, 1.807) is 30.3 Å². The minimum Gasteiger partial charge on any atom is -0.325 e. The van der Waals surface area contributed by atoms with Gasteiger partial charge in [0.2, 0.25) is 15.9 Å². The van der Waals surface area contributed by atoms with Gasteiger partial charge in [0.1, 0.15) is 0 Å². The summed E-state index contributed by atoms with van der Waals surface area (Å²) in [5.41, 5.74) is -0.587. The maximum atomic E-state index is 12.9. The summed E-state index contributed by atoms with van der Waals surface area (Å²) in [5, 5.41) is 2.67. The van der Waals surface area contributed by atoms with Gasteiger partial charge in [-0.3, -0.25) is 4.79 Å². The van der Waals surface area contributed by atoms with Crippen molar-refractivity contribution in [2.75, 3.05) is 18.9 Å². The van der Waals surface area contributed by atoms with E-state index in [4.69, 9.17) is 11.6 Å². The molecule has 0 aliphatic rings. The number of nitrogens with zero attached hydrogens (tertiary/aromatic N) is 1. The third-order valence-electron chi connectivity index (χ3n) is 3.59. The minimum absolute atomic E-state index is 0.146. The van der Waals surface area contributed by atoms with Crippen molar-refractivity contribution in [3.8, 4) is 0 Å². The van der Waals surface area contributed by atoms with Gasteiger partial charge < -0.3 is 5.32 Å². The maximum absolute atomic E-state index is 12.9. The van der Waals surface area contributed by atoms with Crippen molar-refractivity contribution in [2.24, 2.45) is 0 Å². The van der Waals surface area contributed by atoms with Crippen molar-refractivity contribution < 1.29 is 26.4 Å². The summed E-state index contributed by atoms with van der Waals surface area (Å²) >= 11 is 5.52. The molecule has 0 unspecified atom stereocenters. The third-order valence-corrected chi connectivity index (χ3v) is 5.40. The predicted octanol–water partition coefficient (Wildman–Crippen LogP) is 4.23. The predicted molar refractivity (Wildman–Crippen MR) is 102 cm³/mol. The first kappa shape index (κ1) is 21.9. The second kappa shape index (κ2) is 8.76. The topological polar surface area (TPSA) is 66.5 Å². The fourth-order valence-corrected chi connectivity index (χ4v) is 3.20. The average Bonchev–Trinajstić information content (AvgIpc) is 2.61. The molecule has 1 N–H and O–H groups in total. The second-order valence-corrected chi connectivity index (χ2v) is 8.09. The zero-order valence-corrected chi connectivity index (χ0v) is 16.1. The number of amides is 1. The van der Waals surface area contributed by atoms with Crippen LogP contribution >= 0.6 is 11.6 Å². The number of benzene rings is 2. The Kier molecular flexibility index (Phi) is 6.87. The molecule has 150 valence electrons. The molecule has 0 aromatic heterocycles. The number of halogens is 4. The van der Waals surface area contributed by atoms with Crippen LogP contribution < -0.4 is 5.32 Å². The van der Waals surface area contributed by atoms with Gasteiger partial charge >= 0.3 is 6.18 Å². The molecule has 0 heterocycles. The molecule has 28 heavy (non-hydrogen) atoms. The van der Waals surface area contributed by atoms with Crippen LogP contribution in [-0.2, 0) is 21.0 Å². The normalized spacial score (nSPS) is 12.5.